The molecule has 2 heterocycles. The van der Waals surface area contributed by atoms with Gasteiger partial charge in [0, 0.05) is 23.8 Å². The Bertz CT molecular complexity index is 417. The van der Waals surface area contributed by atoms with Crippen LogP contribution in [0.2, 0.25) is 0 Å². The van der Waals surface area contributed by atoms with Crippen molar-refractivity contribution in [3.05, 3.63) is 15.1 Å². The highest BCUT2D eigenvalue weighted by Gasteiger charge is 2.29. The van der Waals surface area contributed by atoms with Crippen LogP contribution in [-0.2, 0) is 6.42 Å². The summed E-state index contributed by atoms with van der Waals surface area (Å²) in [5.74, 6) is 4.46. The number of rotatable bonds is 4. The summed E-state index contributed by atoms with van der Waals surface area (Å²) in [6.45, 7) is 4.43. The first kappa shape index (κ1) is 15.7. The van der Waals surface area contributed by atoms with Crippen molar-refractivity contribution in [2.24, 2.45) is 0 Å². The maximum atomic E-state index is 4.83. The number of aromatic nitrogens is 2. The second kappa shape index (κ2) is 7.36. The van der Waals surface area contributed by atoms with Crippen LogP contribution in [0.3, 0.4) is 0 Å². The zero-order valence-corrected chi connectivity index (χ0v) is 15.4. The molecule has 2 atom stereocenters. The first-order chi connectivity index (χ1) is 9.21. The van der Waals surface area contributed by atoms with Gasteiger partial charge in [-0.1, -0.05) is 13.8 Å². The van der Waals surface area contributed by atoms with Gasteiger partial charge in [0.1, 0.15) is 11.6 Å². The lowest BCUT2D eigenvalue weighted by molar-refractivity contribution is 0.740. The van der Waals surface area contributed by atoms with Gasteiger partial charge in [-0.15, -0.1) is 11.8 Å². The van der Waals surface area contributed by atoms with Gasteiger partial charge in [-0.2, -0.15) is 11.8 Å². The fourth-order valence-electron chi connectivity index (χ4n) is 2.18. The molecule has 1 aromatic heterocycles. The summed E-state index contributed by atoms with van der Waals surface area (Å²) < 4.78 is 1.16. The molecule has 1 saturated heterocycles. The third-order valence-corrected chi connectivity index (χ3v) is 7.59. The van der Waals surface area contributed by atoms with Crippen LogP contribution in [0.5, 0.6) is 0 Å². The first-order valence-corrected chi connectivity index (χ1v) is 9.86. The summed E-state index contributed by atoms with van der Waals surface area (Å²) in [5.41, 5.74) is 1.17. The van der Waals surface area contributed by atoms with E-state index in [4.69, 9.17) is 9.97 Å². The van der Waals surface area contributed by atoms with Gasteiger partial charge < -0.3 is 5.32 Å². The fraction of sp³-hybridized carbons (Fsp3) is 0.692. The molecule has 2 unspecified atom stereocenters. The van der Waals surface area contributed by atoms with Crippen molar-refractivity contribution >= 4 is 51.9 Å². The van der Waals surface area contributed by atoms with E-state index in [1.54, 1.807) is 0 Å². The molecule has 6 heteroatoms. The Hall–Kier alpha value is 0.310. The predicted molar refractivity (Wildman–Crippen MR) is 95.4 cm³/mol. The Morgan fingerprint density at radius 3 is 2.63 bits per heavy atom. The molecule has 0 saturated carbocycles. The number of nitrogens with zero attached hydrogens (tertiary/aromatic N) is 2. The maximum absolute atomic E-state index is 4.83. The van der Waals surface area contributed by atoms with Crippen LogP contribution >= 0.6 is 46.1 Å². The molecule has 0 spiro atoms. The monoisotopic (exact) mass is 409 g/mol. The van der Waals surface area contributed by atoms with Crippen LogP contribution in [0.4, 0.5) is 5.82 Å². The molecule has 0 amide bonds. The minimum atomic E-state index is 0.443. The number of halogens is 1. The Labute approximate surface area is 137 Å². The van der Waals surface area contributed by atoms with E-state index in [0.717, 1.165) is 21.6 Å². The fourth-order valence-corrected chi connectivity index (χ4v) is 6.07. The van der Waals surface area contributed by atoms with E-state index in [-0.39, 0.29) is 0 Å². The molecule has 0 radical (unpaired) electrons. The second-order valence-electron chi connectivity index (χ2n) is 4.40. The van der Waals surface area contributed by atoms with Crippen LogP contribution in [0.1, 0.15) is 37.0 Å². The van der Waals surface area contributed by atoms with Crippen molar-refractivity contribution < 1.29 is 0 Å². The summed E-state index contributed by atoms with van der Waals surface area (Å²) in [4.78, 5) is 9.59. The van der Waals surface area contributed by atoms with Crippen LogP contribution in [0.25, 0.3) is 0 Å². The standard InChI is InChI=1S/C13H20IN3S2/c1-4-8-10(14)12(15-3)17-13(16-8)11-9(5-2)18-6-7-19-11/h9,11H,4-7H2,1-3H3,(H,15,16,17). The van der Waals surface area contributed by atoms with Gasteiger partial charge >= 0.3 is 0 Å². The molecule has 19 heavy (non-hydrogen) atoms. The maximum Gasteiger partial charge on any atom is 0.145 e. The summed E-state index contributed by atoms with van der Waals surface area (Å²) >= 11 is 6.43. The van der Waals surface area contributed by atoms with Crippen LogP contribution in [0.15, 0.2) is 0 Å². The first-order valence-electron chi connectivity index (χ1n) is 6.68. The van der Waals surface area contributed by atoms with E-state index < -0.39 is 0 Å². The molecule has 1 N–H and O–H groups in total. The molecule has 2 rings (SSSR count). The third kappa shape index (κ3) is 3.50. The lowest BCUT2D eigenvalue weighted by Crippen LogP contribution is -2.21. The molecule has 1 fully saturated rings. The molecule has 0 aliphatic carbocycles. The lowest BCUT2D eigenvalue weighted by Gasteiger charge is -2.29. The van der Waals surface area contributed by atoms with Crippen molar-refractivity contribution in [1.29, 1.82) is 0 Å². The summed E-state index contributed by atoms with van der Waals surface area (Å²) in [6, 6.07) is 0. The molecule has 1 aromatic rings. The lowest BCUT2D eigenvalue weighted by atomic mass is 10.2. The summed E-state index contributed by atoms with van der Waals surface area (Å²) in [5, 5.41) is 4.30. The van der Waals surface area contributed by atoms with E-state index >= 15 is 0 Å². The quantitative estimate of drug-likeness (QED) is 0.762. The summed E-state index contributed by atoms with van der Waals surface area (Å²) in [6.07, 6.45) is 2.15. The molecule has 0 bridgehead atoms. The van der Waals surface area contributed by atoms with Crippen molar-refractivity contribution in [1.82, 2.24) is 9.97 Å². The highest BCUT2D eigenvalue weighted by atomic mass is 127. The Kier molecular flexibility index (Phi) is 6.08. The number of nitrogens with one attached hydrogen (secondary N) is 1. The summed E-state index contributed by atoms with van der Waals surface area (Å²) in [7, 11) is 1.94. The van der Waals surface area contributed by atoms with Crippen molar-refractivity contribution in [2.75, 3.05) is 23.9 Å². The smallest absolute Gasteiger partial charge is 0.145 e. The highest BCUT2D eigenvalue weighted by molar-refractivity contribution is 14.1. The molecular weight excluding hydrogens is 389 g/mol. The molecule has 106 valence electrons. The molecule has 3 nitrogen and oxygen atoms in total. The average molecular weight is 409 g/mol. The van der Waals surface area contributed by atoms with E-state index in [9.17, 15) is 0 Å². The molecule has 1 aliphatic rings. The third-order valence-electron chi connectivity index (χ3n) is 3.22. The van der Waals surface area contributed by atoms with Crippen molar-refractivity contribution in [3.63, 3.8) is 0 Å². The van der Waals surface area contributed by atoms with E-state index in [0.29, 0.717) is 10.5 Å². The molecule has 0 aromatic carbocycles. The van der Waals surface area contributed by atoms with Gasteiger partial charge in [-0.05, 0) is 35.4 Å². The number of hydrogen-bond donors (Lipinski definition) is 1. The van der Waals surface area contributed by atoms with Crippen LogP contribution in [-0.4, -0.2) is 33.8 Å². The highest BCUT2D eigenvalue weighted by Crippen LogP contribution is 2.43. The predicted octanol–water partition coefficient (Wildman–Crippen LogP) is 3.99. The Balaban J connectivity index is 2.37. The minimum Gasteiger partial charge on any atom is -0.372 e. The number of anilines is 1. The van der Waals surface area contributed by atoms with Crippen LogP contribution < -0.4 is 5.32 Å². The number of aryl methyl sites for hydroxylation is 1. The van der Waals surface area contributed by atoms with Crippen molar-refractivity contribution in [3.8, 4) is 0 Å². The van der Waals surface area contributed by atoms with Gasteiger partial charge in [-0.25, -0.2) is 9.97 Å². The zero-order chi connectivity index (χ0) is 13.8. The average Bonchev–Trinajstić information content (AvgIpc) is 2.47. The van der Waals surface area contributed by atoms with E-state index in [1.165, 1.54) is 23.6 Å². The van der Waals surface area contributed by atoms with Gasteiger partial charge in [0.05, 0.1) is 14.5 Å². The Morgan fingerprint density at radius 1 is 1.26 bits per heavy atom. The minimum absolute atomic E-state index is 0.443. The topological polar surface area (TPSA) is 37.8 Å². The van der Waals surface area contributed by atoms with E-state index in [2.05, 4.69) is 53.5 Å². The van der Waals surface area contributed by atoms with E-state index in [1.807, 2.05) is 18.8 Å². The normalized spacial score (nSPS) is 23.4. The van der Waals surface area contributed by atoms with Gasteiger partial charge in [0.25, 0.3) is 0 Å². The largest absolute Gasteiger partial charge is 0.372 e. The SMILES string of the molecule is CCc1nc(C2SCCSC2CC)nc(NC)c1I. The number of hydrogen-bond acceptors (Lipinski definition) is 5. The number of thioether (sulfide) groups is 2. The van der Waals surface area contributed by atoms with Gasteiger partial charge in [-0.3, -0.25) is 0 Å². The second-order valence-corrected chi connectivity index (χ2v) is 8.08. The van der Waals surface area contributed by atoms with Gasteiger partial charge in [0.2, 0.25) is 0 Å². The Morgan fingerprint density at radius 2 is 2.00 bits per heavy atom. The van der Waals surface area contributed by atoms with Crippen molar-refractivity contribution in [2.45, 2.75) is 37.2 Å². The zero-order valence-electron chi connectivity index (χ0n) is 11.6. The van der Waals surface area contributed by atoms with Crippen LogP contribution in [0, 0.1) is 3.57 Å². The van der Waals surface area contributed by atoms with Gasteiger partial charge in [0.15, 0.2) is 0 Å². The molecular formula is C13H20IN3S2. The molecule has 1 aliphatic heterocycles.